The van der Waals surface area contributed by atoms with Crippen LogP contribution in [0.3, 0.4) is 0 Å². The number of rotatable bonds is 6. The highest BCUT2D eigenvalue weighted by Gasteiger charge is 2.30. The first-order valence-electron chi connectivity index (χ1n) is 10.8. The molecule has 5 nitrogen and oxygen atoms in total. The molecule has 0 fully saturated rings. The van der Waals surface area contributed by atoms with E-state index in [4.69, 9.17) is 9.47 Å². The number of hydrogen-bond donors (Lipinski definition) is 1. The zero-order valence-electron chi connectivity index (χ0n) is 18.5. The van der Waals surface area contributed by atoms with Crippen LogP contribution in [-0.2, 0) is 17.6 Å². The second kappa shape index (κ2) is 9.57. The van der Waals surface area contributed by atoms with Crippen molar-refractivity contribution in [3.05, 3.63) is 81.7 Å². The van der Waals surface area contributed by atoms with Gasteiger partial charge in [-0.05, 0) is 74.4 Å². The minimum atomic E-state index is -0.406. The maximum atomic E-state index is 12.9. The summed E-state index contributed by atoms with van der Waals surface area (Å²) < 4.78 is 10.7. The van der Waals surface area contributed by atoms with Crippen molar-refractivity contribution in [2.45, 2.75) is 45.1 Å². The van der Waals surface area contributed by atoms with Gasteiger partial charge in [-0.1, -0.05) is 30.3 Å². The molecule has 6 heteroatoms. The van der Waals surface area contributed by atoms with E-state index < -0.39 is 5.97 Å². The molecule has 1 aliphatic rings. The molecule has 3 aromatic rings. The minimum Gasteiger partial charge on any atom is -0.491 e. The van der Waals surface area contributed by atoms with Gasteiger partial charge in [0, 0.05) is 10.4 Å². The molecule has 1 heterocycles. The van der Waals surface area contributed by atoms with Gasteiger partial charge in [0.25, 0.3) is 5.91 Å². The Labute approximate surface area is 192 Å². The van der Waals surface area contributed by atoms with Gasteiger partial charge in [-0.25, -0.2) is 4.79 Å². The van der Waals surface area contributed by atoms with E-state index >= 15 is 0 Å². The quantitative estimate of drug-likeness (QED) is 0.480. The normalized spacial score (nSPS) is 15.2. The number of nitrogens with one attached hydrogen (secondary N) is 1. The van der Waals surface area contributed by atoms with Crippen LogP contribution in [-0.4, -0.2) is 25.1 Å². The molecule has 0 bridgehead atoms. The lowest BCUT2D eigenvalue weighted by molar-refractivity contribution is 0.0601. The van der Waals surface area contributed by atoms with Gasteiger partial charge < -0.3 is 14.8 Å². The summed E-state index contributed by atoms with van der Waals surface area (Å²) in [5.41, 5.74) is 3.31. The summed E-state index contributed by atoms with van der Waals surface area (Å²) in [6, 6.07) is 17.4. The third-order valence-corrected chi connectivity index (χ3v) is 6.81. The molecule has 166 valence electrons. The number of ether oxygens (including phenoxy) is 2. The van der Waals surface area contributed by atoms with E-state index in [1.807, 2.05) is 19.9 Å². The Morgan fingerprint density at radius 1 is 1.06 bits per heavy atom. The fraction of sp³-hybridized carbons (Fsp3) is 0.308. The summed E-state index contributed by atoms with van der Waals surface area (Å²) in [4.78, 5) is 26.7. The van der Waals surface area contributed by atoms with Gasteiger partial charge in [-0.2, -0.15) is 0 Å². The predicted molar refractivity (Wildman–Crippen MR) is 127 cm³/mol. The number of thiophene rings is 1. The lowest BCUT2D eigenvalue weighted by Gasteiger charge is -2.22. The van der Waals surface area contributed by atoms with Gasteiger partial charge in [-0.3, -0.25) is 4.79 Å². The Morgan fingerprint density at radius 3 is 2.44 bits per heavy atom. The minimum absolute atomic E-state index is 0.0643. The van der Waals surface area contributed by atoms with Crippen LogP contribution in [0.4, 0.5) is 5.00 Å². The summed E-state index contributed by atoms with van der Waals surface area (Å²) >= 11 is 1.48. The molecule has 0 saturated carbocycles. The van der Waals surface area contributed by atoms with Crippen molar-refractivity contribution < 1.29 is 19.1 Å². The third kappa shape index (κ3) is 4.70. The van der Waals surface area contributed by atoms with Crippen molar-refractivity contribution >= 4 is 28.2 Å². The molecule has 0 aliphatic heterocycles. The zero-order valence-corrected chi connectivity index (χ0v) is 19.3. The lowest BCUT2D eigenvalue weighted by atomic mass is 9.83. The molecule has 2 aromatic carbocycles. The number of benzene rings is 2. The predicted octanol–water partition coefficient (Wildman–Crippen LogP) is 5.85. The number of methoxy groups -OCH3 is 1. The van der Waals surface area contributed by atoms with E-state index in [1.54, 1.807) is 24.3 Å². The topological polar surface area (TPSA) is 64.6 Å². The number of anilines is 1. The third-order valence-electron chi connectivity index (χ3n) is 5.64. The molecule has 1 unspecified atom stereocenters. The largest absolute Gasteiger partial charge is 0.491 e. The summed E-state index contributed by atoms with van der Waals surface area (Å²) in [6.07, 6.45) is 2.66. The van der Waals surface area contributed by atoms with Crippen LogP contribution in [0.2, 0.25) is 0 Å². The van der Waals surface area contributed by atoms with E-state index in [-0.39, 0.29) is 12.0 Å². The van der Waals surface area contributed by atoms with Gasteiger partial charge in [0.1, 0.15) is 10.8 Å². The Balaban J connectivity index is 1.58. The van der Waals surface area contributed by atoms with Gasteiger partial charge in [-0.15, -0.1) is 11.3 Å². The zero-order chi connectivity index (χ0) is 22.7. The van der Waals surface area contributed by atoms with E-state index in [1.165, 1.54) is 24.0 Å². The molecule has 32 heavy (non-hydrogen) atoms. The van der Waals surface area contributed by atoms with Gasteiger partial charge >= 0.3 is 5.97 Å². The van der Waals surface area contributed by atoms with Crippen molar-refractivity contribution in [2.24, 2.45) is 0 Å². The van der Waals surface area contributed by atoms with Gasteiger partial charge in [0.15, 0.2) is 0 Å². The second-order valence-corrected chi connectivity index (χ2v) is 9.30. The fourth-order valence-electron chi connectivity index (χ4n) is 4.13. The molecule has 1 amide bonds. The Morgan fingerprint density at radius 2 is 1.78 bits per heavy atom. The van der Waals surface area contributed by atoms with E-state index in [0.29, 0.717) is 27.8 Å². The highest BCUT2D eigenvalue weighted by Crippen LogP contribution is 2.42. The molecule has 1 aliphatic carbocycles. The van der Waals surface area contributed by atoms with Crippen LogP contribution < -0.4 is 10.1 Å². The fourth-order valence-corrected chi connectivity index (χ4v) is 5.44. The monoisotopic (exact) mass is 449 g/mol. The molecule has 0 saturated heterocycles. The summed E-state index contributed by atoms with van der Waals surface area (Å²) in [5.74, 6) is 0.455. The molecule has 4 rings (SSSR count). The number of hydrogen-bond acceptors (Lipinski definition) is 5. The van der Waals surface area contributed by atoms with Gasteiger partial charge in [0.05, 0.1) is 18.8 Å². The molecule has 0 spiro atoms. The summed E-state index contributed by atoms with van der Waals surface area (Å²) in [6.45, 7) is 3.91. The van der Waals surface area contributed by atoms with E-state index in [0.717, 1.165) is 29.7 Å². The average Bonchev–Trinajstić information content (AvgIpc) is 3.16. The van der Waals surface area contributed by atoms with Crippen LogP contribution >= 0.6 is 11.3 Å². The van der Waals surface area contributed by atoms with Crippen LogP contribution in [0.5, 0.6) is 5.75 Å². The van der Waals surface area contributed by atoms with Crippen molar-refractivity contribution in [1.29, 1.82) is 0 Å². The number of esters is 1. The maximum Gasteiger partial charge on any atom is 0.341 e. The number of amides is 1. The number of fused-ring (bicyclic) bond motifs is 1. The van der Waals surface area contributed by atoms with Crippen LogP contribution in [0.25, 0.3) is 0 Å². The smallest absolute Gasteiger partial charge is 0.341 e. The lowest BCUT2D eigenvalue weighted by Crippen LogP contribution is -2.16. The standard InChI is InChI=1S/C26H27NO4S/c1-16(2)31-20-12-9-18(10-13-20)24(28)27-25-23(26(29)30-3)21-14-11-19(15-22(21)32-25)17-7-5-4-6-8-17/h4-10,12-13,16,19H,11,14-15H2,1-3H3,(H,27,28). The molecule has 1 atom stereocenters. The molecule has 1 aromatic heterocycles. The second-order valence-electron chi connectivity index (χ2n) is 8.20. The molecular weight excluding hydrogens is 422 g/mol. The van der Waals surface area contributed by atoms with Gasteiger partial charge in [0.2, 0.25) is 0 Å². The van der Waals surface area contributed by atoms with Crippen LogP contribution in [0, 0.1) is 0 Å². The first kappa shape index (κ1) is 22.1. The maximum absolute atomic E-state index is 12.9. The van der Waals surface area contributed by atoms with Crippen molar-refractivity contribution in [1.82, 2.24) is 0 Å². The first-order chi connectivity index (χ1) is 15.5. The van der Waals surface area contributed by atoms with E-state index in [2.05, 4.69) is 29.6 Å². The van der Waals surface area contributed by atoms with Crippen molar-refractivity contribution in [3.8, 4) is 5.75 Å². The van der Waals surface area contributed by atoms with Crippen LogP contribution in [0.1, 0.15) is 62.9 Å². The SMILES string of the molecule is COC(=O)c1c(NC(=O)c2ccc(OC(C)C)cc2)sc2c1CCC(c1ccccc1)C2. The molecular formula is C26H27NO4S. The highest BCUT2D eigenvalue weighted by atomic mass is 32.1. The Kier molecular flexibility index (Phi) is 6.61. The number of carbonyl (C=O) groups is 2. The highest BCUT2D eigenvalue weighted by molar-refractivity contribution is 7.17. The first-order valence-corrected chi connectivity index (χ1v) is 11.6. The number of carbonyl (C=O) groups excluding carboxylic acids is 2. The van der Waals surface area contributed by atoms with Crippen LogP contribution in [0.15, 0.2) is 54.6 Å². The average molecular weight is 450 g/mol. The summed E-state index contributed by atoms with van der Waals surface area (Å²) in [5, 5.41) is 3.51. The van der Waals surface area contributed by atoms with E-state index in [9.17, 15) is 9.59 Å². The van der Waals surface area contributed by atoms with Crippen molar-refractivity contribution in [3.63, 3.8) is 0 Å². The molecule has 1 N–H and O–H groups in total. The summed E-state index contributed by atoms with van der Waals surface area (Å²) in [7, 11) is 1.38. The van der Waals surface area contributed by atoms with Crippen molar-refractivity contribution in [2.75, 3.05) is 12.4 Å². The Bertz CT molecular complexity index is 1100. The Hall–Kier alpha value is -3.12. The molecule has 0 radical (unpaired) electrons.